The molecule has 2 aromatic carbocycles. The fourth-order valence-electron chi connectivity index (χ4n) is 3.05. The summed E-state index contributed by atoms with van der Waals surface area (Å²) in [5.74, 6) is -0.0753. The predicted octanol–water partition coefficient (Wildman–Crippen LogP) is 4.02. The summed E-state index contributed by atoms with van der Waals surface area (Å²) in [5.41, 5.74) is 2.40. The highest BCUT2D eigenvalue weighted by molar-refractivity contribution is 5.99. The van der Waals surface area contributed by atoms with E-state index >= 15 is 0 Å². The van der Waals surface area contributed by atoms with Gasteiger partial charge in [-0.25, -0.2) is 5.06 Å². The van der Waals surface area contributed by atoms with Gasteiger partial charge in [-0.15, -0.1) is 0 Å². The van der Waals surface area contributed by atoms with E-state index in [1.54, 1.807) is 7.11 Å². The van der Waals surface area contributed by atoms with Gasteiger partial charge in [0.05, 0.1) is 12.6 Å². The molecule has 3 rings (SSSR count). The zero-order valence-electron chi connectivity index (χ0n) is 12.8. The molecule has 0 saturated carbocycles. The fourth-order valence-corrected chi connectivity index (χ4v) is 3.05. The van der Waals surface area contributed by atoms with Crippen LogP contribution < -0.4 is 0 Å². The van der Waals surface area contributed by atoms with Crippen LogP contribution in [-0.4, -0.2) is 18.1 Å². The molecule has 3 nitrogen and oxygen atoms in total. The molecule has 1 aliphatic rings. The molecule has 0 N–H and O–H groups in total. The van der Waals surface area contributed by atoms with Gasteiger partial charge in [0.1, 0.15) is 0 Å². The molecule has 1 atom stereocenters. The maximum atomic E-state index is 12.5. The van der Waals surface area contributed by atoms with E-state index in [4.69, 9.17) is 4.84 Å². The largest absolute Gasteiger partial charge is 0.278 e. The van der Waals surface area contributed by atoms with E-state index in [0.717, 1.165) is 16.7 Å². The Hall–Kier alpha value is -2.39. The standard InChI is InChI=1S/C19H19NO2/c1-19(14-8-11-15-9-4-3-5-10-15)17-13-7-6-12-16(17)18(21)20(19)22-2/h3-13H,14H2,1-2H3/b11-8+/t19-/m0/s1. The molecule has 3 heteroatoms. The number of rotatable bonds is 4. The maximum absolute atomic E-state index is 12.5. The van der Waals surface area contributed by atoms with Gasteiger partial charge in [0.15, 0.2) is 0 Å². The Bertz CT molecular complexity index is 708. The number of hydrogen-bond acceptors (Lipinski definition) is 2. The zero-order valence-corrected chi connectivity index (χ0v) is 12.8. The summed E-state index contributed by atoms with van der Waals surface area (Å²) in [7, 11) is 1.54. The van der Waals surface area contributed by atoms with Crippen LogP contribution in [-0.2, 0) is 10.4 Å². The first-order chi connectivity index (χ1) is 10.7. The summed E-state index contributed by atoms with van der Waals surface area (Å²) in [4.78, 5) is 17.8. The lowest BCUT2D eigenvalue weighted by Gasteiger charge is -2.32. The van der Waals surface area contributed by atoms with Gasteiger partial charge in [0.2, 0.25) is 0 Å². The van der Waals surface area contributed by atoms with Crippen LogP contribution in [0.4, 0.5) is 0 Å². The van der Waals surface area contributed by atoms with E-state index in [9.17, 15) is 4.79 Å². The van der Waals surface area contributed by atoms with Crippen LogP contribution in [0.2, 0.25) is 0 Å². The predicted molar refractivity (Wildman–Crippen MR) is 87.1 cm³/mol. The van der Waals surface area contributed by atoms with E-state index < -0.39 is 5.54 Å². The number of amides is 1. The molecule has 1 heterocycles. The zero-order chi connectivity index (χ0) is 15.6. The average molecular weight is 293 g/mol. The summed E-state index contributed by atoms with van der Waals surface area (Å²) in [5, 5.41) is 1.48. The Kier molecular flexibility index (Phi) is 3.82. The molecule has 0 aromatic heterocycles. The van der Waals surface area contributed by atoms with Crippen molar-refractivity contribution in [1.82, 2.24) is 5.06 Å². The minimum Gasteiger partial charge on any atom is -0.273 e. The van der Waals surface area contributed by atoms with Crippen LogP contribution in [0.25, 0.3) is 6.08 Å². The topological polar surface area (TPSA) is 29.5 Å². The summed E-state index contributed by atoms with van der Waals surface area (Å²) in [6, 6.07) is 17.8. The van der Waals surface area contributed by atoms with Crippen LogP contribution in [0.3, 0.4) is 0 Å². The molecular weight excluding hydrogens is 274 g/mol. The molecule has 2 aromatic rings. The quantitative estimate of drug-likeness (QED) is 0.852. The number of nitrogens with zero attached hydrogens (tertiary/aromatic N) is 1. The number of fused-ring (bicyclic) bond motifs is 1. The molecule has 0 bridgehead atoms. The van der Waals surface area contributed by atoms with Gasteiger partial charge >= 0.3 is 0 Å². The number of carbonyl (C=O) groups is 1. The summed E-state index contributed by atoms with van der Waals surface area (Å²) < 4.78 is 0. The molecule has 0 saturated heterocycles. The van der Waals surface area contributed by atoms with Crippen molar-refractivity contribution in [2.75, 3.05) is 7.11 Å². The Labute approximate surface area is 130 Å². The first-order valence-corrected chi connectivity index (χ1v) is 7.36. The minimum absolute atomic E-state index is 0.0753. The SMILES string of the molecule is CON1C(=O)c2ccccc2[C@]1(C)C/C=C/c1ccccc1. The monoisotopic (exact) mass is 293 g/mol. The van der Waals surface area contributed by atoms with Gasteiger partial charge in [-0.2, -0.15) is 0 Å². The first kappa shape index (κ1) is 14.5. The average Bonchev–Trinajstić information content (AvgIpc) is 2.77. The Morgan fingerprint density at radius 2 is 1.77 bits per heavy atom. The molecule has 1 amide bonds. The number of hydroxylamine groups is 2. The third-order valence-electron chi connectivity index (χ3n) is 4.18. The van der Waals surface area contributed by atoms with Crippen molar-refractivity contribution in [3.05, 3.63) is 77.4 Å². The second-order valence-electron chi connectivity index (χ2n) is 5.62. The van der Waals surface area contributed by atoms with Crippen LogP contribution in [0, 0.1) is 0 Å². The Morgan fingerprint density at radius 1 is 1.09 bits per heavy atom. The van der Waals surface area contributed by atoms with Crippen molar-refractivity contribution in [3.8, 4) is 0 Å². The minimum atomic E-state index is -0.478. The lowest BCUT2D eigenvalue weighted by molar-refractivity contribution is -0.153. The van der Waals surface area contributed by atoms with Crippen LogP contribution in [0.15, 0.2) is 60.7 Å². The number of carbonyl (C=O) groups excluding carboxylic acids is 1. The second kappa shape index (κ2) is 5.78. The molecule has 0 aliphatic carbocycles. The van der Waals surface area contributed by atoms with Gasteiger partial charge in [-0.3, -0.25) is 9.63 Å². The van der Waals surface area contributed by atoms with Crippen molar-refractivity contribution in [3.63, 3.8) is 0 Å². The smallest absolute Gasteiger partial charge is 0.273 e. The molecule has 0 radical (unpaired) electrons. The molecule has 112 valence electrons. The Morgan fingerprint density at radius 3 is 2.50 bits per heavy atom. The molecule has 0 spiro atoms. The lowest BCUT2D eigenvalue weighted by Crippen LogP contribution is -2.40. The van der Waals surface area contributed by atoms with Gasteiger partial charge < -0.3 is 0 Å². The first-order valence-electron chi connectivity index (χ1n) is 7.36. The fraction of sp³-hybridized carbons (Fsp3) is 0.211. The van der Waals surface area contributed by atoms with Crippen molar-refractivity contribution >= 4 is 12.0 Å². The van der Waals surface area contributed by atoms with Crippen molar-refractivity contribution in [1.29, 1.82) is 0 Å². The highest BCUT2D eigenvalue weighted by Crippen LogP contribution is 2.41. The van der Waals surface area contributed by atoms with E-state index in [0.29, 0.717) is 6.42 Å². The van der Waals surface area contributed by atoms with Crippen molar-refractivity contribution < 1.29 is 9.63 Å². The number of hydrogen-bond donors (Lipinski definition) is 0. The van der Waals surface area contributed by atoms with Crippen molar-refractivity contribution in [2.24, 2.45) is 0 Å². The van der Waals surface area contributed by atoms with E-state index in [1.165, 1.54) is 5.06 Å². The summed E-state index contributed by atoms with van der Waals surface area (Å²) in [6.07, 6.45) is 4.86. The summed E-state index contributed by atoms with van der Waals surface area (Å²) >= 11 is 0. The third kappa shape index (κ3) is 2.34. The van der Waals surface area contributed by atoms with E-state index in [1.807, 2.05) is 49.4 Å². The van der Waals surface area contributed by atoms with Crippen LogP contribution in [0.5, 0.6) is 0 Å². The van der Waals surface area contributed by atoms with Gasteiger partial charge in [-0.1, -0.05) is 60.7 Å². The highest BCUT2D eigenvalue weighted by atomic mass is 16.7. The molecule has 22 heavy (non-hydrogen) atoms. The van der Waals surface area contributed by atoms with E-state index in [-0.39, 0.29) is 5.91 Å². The van der Waals surface area contributed by atoms with Crippen LogP contribution >= 0.6 is 0 Å². The third-order valence-corrected chi connectivity index (χ3v) is 4.18. The van der Waals surface area contributed by atoms with Gasteiger partial charge in [-0.05, 0) is 30.5 Å². The second-order valence-corrected chi connectivity index (χ2v) is 5.62. The number of benzene rings is 2. The Balaban J connectivity index is 1.90. The molecule has 0 fully saturated rings. The lowest BCUT2D eigenvalue weighted by atomic mass is 9.89. The van der Waals surface area contributed by atoms with E-state index in [2.05, 4.69) is 24.3 Å². The van der Waals surface area contributed by atoms with Crippen LogP contribution in [0.1, 0.15) is 34.8 Å². The maximum Gasteiger partial charge on any atom is 0.278 e. The normalized spacial score (nSPS) is 20.6. The molecular formula is C19H19NO2. The molecule has 0 unspecified atom stereocenters. The summed E-state index contributed by atoms with van der Waals surface area (Å²) in [6.45, 7) is 2.04. The highest BCUT2D eigenvalue weighted by Gasteiger charge is 2.46. The van der Waals surface area contributed by atoms with Gasteiger partial charge in [0.25, 0.3) is 5.91 Å². The molecule has 1 aliphatic heterocycles. The van der Waals surface area contributed by atoms with Crippen molar-refractivity contribution in [2.45, 2.75) is 18.9 Å². The van der Waals surface area contributed by atoms with Gasteiger partial charge in [0, 0.05) is 5.56 Å².